The van der Waals surface area contributed by atoms with Crippen molar-refractivity contribution in [3.05, 3.63) is 35.9 Å². The van der Waals surface area contributed by atoms with Crippen LogP contribution in [-0.2, 0) is 35.2 Å². The fourth-order valence-electron chi connectivity index (χ4n) is 2.85. The molecule has 10 N–H and O–H groups in total. The number of carbonyl (C=O) groups is 6. The first-order valence-electron chi connectivity index (χ1n) is 10.4. The van der Waals surface area contributed by atoms with Gasteiger partial charge in [-0.1, -0.05) is 30.3 Å². The average molecular weight is 479 g/mol. The van der Waals surface area contributed by atoms with Crippen LogP contribution in [0.25, 0.3) is 0 Å². The molecule has 1 aromatic rings. The number of rotatable bonds is 14. The summed E-state index contributed by atoms with van der Waals surface area (Å²) in [5.74, 6) is -5.56. The maximum absolute atomic E-state index is 12.8. The summed E-state index contributed by atoms with van der Waals surface area (Å²) in [5, 5.41) is 15.8. The van der Waals surface area contributed by atoms with Crippen molar-refractivity contribution in [1.29, 1.82) is 0 Å². The van der Waals surface area contributed by atoms with E-state index in [9.17, 15) is 28.8 Å². The summed E-state index contributed by atoms with van der Waals surface area (Å²) in [6.07, 6.45) is -0.974. The number of carbonyl (C=O) groups excluding carboxylic acids is 5. The van der Waals surface area contributed by atoms with Gasteiger partial charge in [0.1, 0.15) is 18.1 Å². The number of primary amides is 2. The van der Waals surface area contributed by atoms with Crippen molar-refractivity contribution < 1.29 is 33.9 Å². The standard InChI is InChI=1S/C21H30N6O7/c1-11(21(33)34)25-19(31)14(7-8-16(23)28)26-20(32)15(10-17(24)29)27-18(30)13(22)9-12-5-3-2-4-6-12/h2-6,11,13-15H,7-10,22H2,1H3,(H2,23,28)(H2,24,29)(H,25,31)(H,26,32)(H,27,30)(H,33,34). The van der Waals surface area contributed by atoms with E-state index < -0.39 is 66.1 Å². The van der Waals surface area contributed by atoms with Gasteiger partial charge in [-0.25, -0.2) is 0 Å². The number of nitrogens with one attached hydrogen (secondary N) is 3. The van der Waals surface area contributed by atoms with E-state index in [1.165, 1.54) is 6.92 Å². The third-order valence-electron chi connectivity index (χ3n) is 4.72. The van der Waals surface area contributed by atoms with Crippen molar-refractivity contribution in [2.75, 3.05) is 0 Å². The molecule has 0 saturated heterocycles. The van der Waals surface area contributed by atoms with E-state index in [0.29, 0.717) is 0 Å². The van der Waals surface area contributed by atoms with Gasteiger partial charge in [0.2, 0.25) is 29.5 Å². The number of carboxylic acid groups (broad SMARTS) is 1. The summed E-state index contributed by atoms with van der Waals surface area (Å²) in [6, 6.07) is 3.71. The Kier molecular flexibility index (Phi) is 11.2. The van der Waals surface area contributed by atoms with Crippen LogP contribution in [0, 0.1) is 0 Å². The molecule has 5 amide bonds. The molecule has 4 atom stereocenters. The Morgan fingerprint density at radius 1 is 0.853 bits per heavy atom. The Morgan fingerprint density at radius 3 is 1.94 bits per heavy atom. The highest BCUT2D eigenvalue weighted by Gasteiger charge is 2.30. The van der Waals surface area contributed by atoms with Crippen molar-refractivity contribution in [3.8, 4) is 0 Å². The molecule has 0 heterocycles. The minimum absolute atomic E-state index is 0.161. The largest absolute Gasteiger partial charge is 0.480 e. The van der Waals surface area contributed by atoms with Gasteiger partial charge in [-0.3, -0.25) is 28.8 Å². The van der Waals surface area contributed by atoms with Crippen LogP contribution in [-0.4, -0.2) is 64.8 Å². The highest BCUT2D eigenvalue weighted by molar-refractivity contribution is 5.96. The molecule has 0 spiro atoms. The number of benzene rings is 1. The quantitative estimate of drug-likeness (QED) is 0.148. The highest BCUT2D eigenvalue weighted by Crippen LogP contribution is 2.04. The molecule has 4 unspecified atom stereocenters. The summed E-state index contributed by atoms with van der Waals surface area (Å²) in [4.78, 5) is 71.4. The van der Waals surface area contributed by atoms with Crippen molar-refractivity contribution in [1.82, 2.24) is 16.0 Å². The Hall–Kier alpha value is -4.00. The topological polar surface area (TPSA) is 237 Å². The van der Waals surface area contributed by atoms with Crippen LogP contribution in [0.1, 0.15) is 31.7 Å². The molecule has 0 aliphatic carbocycles. The molecule has 0 aliphatic rings. The molecule has 1 rings (SSSR count). The lowest BCUT2D eigenvalue weighted by Crippen LogP contribution is -2.57. The van der Waals surface area contributed by atoms with Crippen LogP contribution in [0.4, 0.5) is 0 Å². The normalized spacial score (nSPS) is 14.1. The number of nitrogens with two attached hydrogens (primary N) is 3. The summed E-state index contributed by atoms with van der Waals surface area (Å²) >= 11 is 0. The Balaban J connectivity index is 2.93. The fraction of sp³-hybridized carbons (Fsp3) is 0.429. The predicted molar refractivity (Wildman–Crippen MR) is 119 cm³/mol. The molecule has 0 fully saturated rings. The minimum Gasteiger partial charge on any atom is -0.480 e. The van der Waals surface area contributed by atoms with Crippen molar-refractivity contribution in [2.24, 2.45) is 17.2 Å². The van der Waals surface area contributed by atoms with Crippen LogP contribution in [0.2, 0.25) is 0 Å². The maximum atomic E-state index is 12.8. The summed E-state index contributed by atoms with van der Waals surface area (Å²) in [7, 11) is 0. The van der Waals surface area contributed by atoms with Crippen LogP contribution in [0.3, 0.4) is 0 Å². The smallest absolute Gasteiger partial charge is 0.325 e. The van der Waals surface area contributed by atoms with Gasteiger partial charge in [-0.2, -0.15) is 0 Å². The van der Waals surface area contributed by atoms with Crippen molar-refractivity contribution in [2.45, 2.75) is 56.8 Å². The Morgan fingerprint density at radius 2 is 1.41 bits per heavy atom. The zero-order valence-corrected chi connectivity index (χ0v) is 18.7. The van der Waals surface area contributed by atoms with E-state index in [0.717, 1.165) is 5.56 Å². The number of hydrogen-bond donors (Lipinski definition) is 7. The molecule has 0 saturated carbocycles. The number of amides is 5. The molecule has 0 aromatic heterocycles. The van der Waals surface area contributed by atoms with Gasteiger partial charge in [0, 0.05) is 6.42 Å². The van der Waals surface area contributed by atoms with E-state index >= 15 is 0 Å². The van der Waals surface area contributed by atoms with Crippen molar-refractivity contribution in [3.63, 3.8) is 0 Å². The van der Waals surface area contributed by atoms with Crippen LogP contribution in [0.15, 0.2) is 30.3 Å². The van der Waals surface area contributed by atoms with E-state index in [1.54, 1.807) is 30.3 Å². The number of hydrogen-bond acceptors (Lipinski definition) is 7. The van der Waals surface area contributed by atoms with E-state index in [4.69, 9.17) is 22.3 Å². The molecular formula is C21H30N6O7. The summed E-state index contributed by atoms with van der Waals surface area (Å²) in [5.41, 5.74) is 17.0. The zero-order valence-electron chi connectivity index (χ0n) is 18.7. The monoisotopic (exact) mass is 478 g/mol. The van der Waals surface area contributed by atoms with Crippen LogP contribution < -0.4 is 33.2 Å². The maximum Gasteiger partial charge on any atom is 0.325 e. The number of carboxylic acids is 1. The average Bonchev–Trinajstić information content (AvgIpc) is 2.75. The SMILES string of the molecule is CC(NC(=O)C(CCC(N)=O)NC(=O)C(CC(N)=O)NC(=O)C(N)Cc1ccccc1)C(=O)O. The zero-order chi connectivity index (χ0) is 25.8. The fourth-order valence-corrected chi connectivity index (χ4v) is 2.85. The predicted octanol–water partition coefficient (Wildman–Crippen LogP) is -2.74. The third kappa shape index (κ3) is 10.1. The lowest BCUT2D eigenvalue weighted by molar-refractivity contribution is -0.142. The summed E-state index contributed by atoms with van der Waals surface area (Å²) in [6.45, 7) is 1.21. The second-order valence-electron chi connectivity index (χ2n) is 7.66. The molecule has 13 heteroatoms. The second-order valence-corrected chi connectivity index (χ2v) is 7.66. The molecular weight excluding hydrogens is 448 g/mol. The Labute approximate surface area is 195 Å². The lowest BCUT2D eigenvalue weighted by Gasteiger charge is -2.24. The van der Waals surface area contributed by atoms with Crippen molar-refractivity contribution >= 4 is 35.5 Å². The third-order valence-corrected chi connectivity index (χ3v) is 4.72. The molecule has 186 valence electrons. The summed E-state index contributed by atoms with van der Waals surface area (Å²) < 4.78 is 0. The first-order valence-corrected chi connectivity index (χ1v) is 10.4. The molecule has 34 heavy (non-hydrogen) atoms. The lowest BCUT2D eigenvalue weighted by atomic mass is 10.0. The van der Waals surface area contributed by atoms with Gasteiger partial charge < -0.3 is 38.3 Å². The molecule has 0 radical (unpaired) electrons. The van der Waals surface area contributed by atoms with E-state index in [-0.39, 0.29) is 19.3 Å². The van der Waals surface area contributed by atoms with Gasteiger partial charge in [-0.05, 0) is 25.3 Å². The van der Waals surface area contributed by atoms with Gasteiger partial charge in [0.15, 0.2) is 0 Å². The van der Waals surface area contributed by atoms with Gasteiger partial charge in [-0.15, -0.1) is 0 Å². The van der Waals surface area contributed by atoms with Gasteiger partial charge in [0.25, 0.3) is 0 Å². The van der Waals surface area contributed by atoms with Gasteiger partial charge in [0.05, 0.1) is 12.5 Å². The minimum atomic E-state index is -1.47. The second kappa shape index (κ2) is 13.5. The molecule has 1 aromatic carbocycles. The molecule has 0 aliphatic heterocycles. The highest BCUT2D eigenvalue weighted by atomic mass is 16.4. The molecule has 13 nitrogen and oxygen atoms in total. The Bertz CT molecular complexity index is 908. The first kappa shape index (κ1) is 28.0. The molecule has 0 bridgehead atoms. The number of aliphatic carboxylic acids is 1. The van der Waals surface area contributed by atoms with Crippen LogP contribution >= 0.6 is 0 Å². The first-order chi connectivity index (χ1) is 15.9. The van der Waals surface area contributed by atoms with E-state index in [2.05, 4.69) is 16.0 Å². The van der Waals surface area contributed by atoms with Crippen LogP contribution in [0.5, 0.6) is 0 Å². The van der Waals surface area contributed by atoms with E-state index in [1.807, 2.05) is 0 Å². The van der Waals surface area contributed by atoms with Gasteiger partial charge >= 0.3 is 5.97 Å².